The van der Waals surface area contributed by atoms with Gasteiger partial charge in [-0.05, 0) is 80.7 Å². The quantitative estimate of drug-likeness (QED) is 0.187. The van der Waals surface area contributed by atoms with Gasteiger partial charge in [0.15, 0.2) is 0 Å². The number of nitrogens with two attached hydrogens (primary N) is 1. The zero-order valence-electron chi connectivity index (χ0n) is 27.6. The number of likely N-dealkylation sites (tertiary alicyclic amines) is 1. The van der Waals surface area contributed by atoms with Gasteiger partial charge in [-0.15, -0.1) is 0 Å². The van der Waals surface area contributed by atoms with Gasteiger partial charge >= 0.3 is 5.97 Å². The van der Waals surface area contributed by atoms with E-state index in [2.05, 4.69) is 15.2 Å². The van der Waals surface area contributed by atoms with E-state index in [9.17, 15) is 18.8 Å². The summed E-state index contributed by atoms with van der Waals surface area (Å²) in [5.74, 6) is -0.709. The van der Waals surface area contributed by atoms with E-state index in [1.54, 1.807) is 17.0 Å². The van der Waals surface area contributed by atoms with Crippen LogP contribution in [0.1, 0.15) is 66.9 Å². The molecule has 0 spiro atoms. The predicted molar refractivity (Wildman–Crippen MR) is 182 cm³/mol. The molecule has 2 aromatic carbocycles. The molecule has 0 radical (unpaired) electrons. The Kier molecular flexibility index (Phi) is 11.4. The Bertz CT molecular complexity index is 1540. The van der Waals surface area contributed by atoms with E-state index in [4.69, 9.17) is 15.2 Å². The fraction of sp³-hybridized carbons (Fsp3) is 0.541. The lowest BCUT2D eigenvalue weighted by Crippen LogP contribution is -2.48. The van der Waals surface area contributed by atoms with Crippen LogP contribution >= 0.6 is 0 Å². The molecule has 2 aliphatic heterocycles. The Morgan fingerprint density at radius 2 is 1.77 bits per heavy atom. The SMILES string of the molecule is N[C@H](CCF)C1CCC(C(=O)N2CC[C@H](c3ccccc3)[C@H]2C(=O)Nc2ccc3[nH]c(C(=O)OCCCN4CCOCC4)cc3c2)CC1. The molecule has 3 fully saturated rings. The van der Waals surface area contributed by atoms with Crippen LogP contribution in [0.2, 0.25) is 0 Å². The number of aromatic nitrogens is 1. The highest BCUT2D eigenvalue weighted by atomic mass is 19.1. The molecule has 2 saturated heterocycles. The van der Waals surface area contributed by atoms with Crippen molar-refractivity contribution < 1.29 is 28.2 Å². The van der Waals surface area contributed by atoms with E-state index in [-0.39, 0.29) is 35.6 Å². The fourth-order valence-electron chi connectivity index (χ4n) is 7.70. The van der Waals surface area contributed by atoms with Gasteiger partial charge in [0, 0.05) is 60.6 Å². The molecule has 48 heavy (non-hydrogen) atoms. The molecule has 2 amide bonds. The van der Waals surface area contributed by atoms with Gasteiger partial charge in [-0.25, -0.2) is 4.79 Å². The van der Waals surface area contributed by atoms with Crippen LogP contribution in [0.15, 0.2) is 54.6 Å². The molecular weight excluding hydrogens is 613 g/mol. The molecule has 3 atom stereocenters. The van der Waals surface area contributed by atoms with Crippen LogP contribution in [0.25, 0.3) is 10.9 Å². The average Bonchev–Trinajstić information content (AvgIpc) is 3.76. The number of alkyl halides is 1. The topological polar surface area (TPSA) is 130 Å². The maximum absolute atomic E-state index is 14.1. The maximum atomic E-state index is 14.1. The predicted octanol–water partition coefficient (Wildman–Crippen LogP) is 4.86. The summed E-state index contributed by atoms with van der Waals surface area (Å²) in [5.41, 5.74) is 8.94. The number of hydrogen-bond acceptors (Lipinski definition) is 7. The first kappa shape index (κ1) is 34.1. The van der Waals surface area contributed by atoms with E-state index in [1.807, 2.05) is 42.5 Å². The standard InChI is InChI=1S/C37H48FN5O5/c38-15-13-31(39)26-7-9-27(10-8-26)36(45)43-17-14-30(25-5-2-1-3-6-25)34(43)35(44)40-29-11-12-32-28(23-29)24-33(41-32)37(46)48-20-4-16-42-18-21-47-22-19-42/h1-3,5-6,11-12,23-24,26-27,30-31,34,41H,4,7-10,13-22,39H2,(H,40,44)/t26?,27?,30-,31-,34+/m1/s1. The lowest BCUT2D eigenvalue weighted by Gasteiger charge is -2.35. The zero-order valence-corrected chi connectivity index (χ0v) is 27.6. The Morgan fingerprint density at radius 3 is 2.52 bits per heavy atom. The van der Waals surface area contributed by atoms with Gasteiger partial charge in [-0.1, -0.05) is 30.3 Å². The largest absolute Gasteiger partial charge is 0.461 e. The highest BCUT2D eigenvalue weighted by Gasteiger charge is 2.44. The van der Waals surface area contributed by atoms with Gasteiger partial charge in [-0.2, -0.15) is 0 Å². The molecule has 3 aromatic rings. The number of H-pyrrole nitrogens is 1. The first-order chi connectivity index (χ1) is 23.4. The Balaban J connectivity index is 1.11. The van der Waals surface area contributed by atoms with Gasteiger partial charge in [-0.3, -0.25) is 18.9 Å². The second kappa shape index (κ2) is 16.1. The summed E-state index contributed by atoms with van der Waals surface area (Å²) < 4.78 is 23.8. The molecule has 1 saturated carbocycles. The van der Waals surface area contributed by atoms with Crippen molar-refractivity contribution in [2.24, 2.45) is 17.6 Å². The third-order valence-corrected chi connectivity index (χ3v) is 10.4. The normalized spacial score (nSPS) is 24.0. The van der Waals surface area contributed by atoms with Crippen molar-refractivity contribution in [2.45, 2.75) is 62.9 Å². The third kappa shape index (κ3) is 8.07. The maximum Gasteiger partial charge on any atom is 0.354 e. The zero-order chi connectivity index (χ0) is 33.5. The number of benzene rings is 2. The van der Waals surface area contributed by atoms with Crippen LogP contribution in [0.5, 0.6) is 0 Å². The molecule has 6 rings (SSSR count). The number of rotatable bonds is 12. The average molecular weight is 662 g/mol. The van der Waals surface area contributed by atoms with Crippen LogP contribution in [0.4, 0.5) is 10.1 Å². The van der Waals surface area contributed by atoms with Crippen molar-refractivity contribution in [2.75, 3.05) is 58.0 Å². The fourth-order valence-corrected chi connectivity index (χ4v) is 7.70. The molecule has 4 N–H and O–H groups in total. The molecular formula is C37H48FN5O5. The number of nitrogens with zero attached hydrogens (tertiary/aromatic N) is 2. The second-order valence-corrected chi connectivity index (χ2v) is 13.5. The molecule has 1 aliphatic carbocycles. The number of amides is 2. The lowest BCUT2D eigenvalue weighted by molar-refractivity contribution is -0.141. The van der Waals surface area contributed by atoms with Gasteiger partial charge in [0.2, 0.25) is 11.8 Å². The first-order valence-electron chi connectivity index (χ1n) is 17.5. The summed E-state index contributed by atoms with van der Waals surface area (Å²) >= 11 is 0. The van der Waals surface area contributed by atoms with E-state index < -0.39 is 18.7 Å². The Morgan fingerprint density at radius 1 is 1.00 bits per heavy atom. The lowest BCUT2D eigenvalue weighted by atomic mass is 9.77. The minimum absolute atomic E-state index is 0.0141. The summed E-state index contributed by atoms with van der Waals surface area (Å²) in [5, 5.41) is 3.86. The number of anilines is 1. The Hall–Kier alpha value is -3.80. The van der Waals surface area contributed by atoms with Crippen LogP contribution in [0, 0.1) is 11.8 Å². The number of esters is 1. The molecule has 0 bridgehead atoms. The number of nitrogens with one attached hydrogen (secondary N) is 2. The first-order valence-corrected chi connectivity index (χ1v) is 17.5. The molecule has 0 unspecified atom stereocenters. The van der Waals surface area contributed by atoms with Crippen LogP contribution in [-0.2, 0) is 19.1 Å². The minimum Gasteiger partial charge on any atom is -0.461 e. The third-order valence-electron chi connectivity index (χ3n) is 10.4. The highest BCUT2D eigenvalue weighted by Crippen LogP contribution is 2.38. The van der Waals surface area contributed by atoms with E-state index >= 15 is 0 Å². The molecule has 11 heteroatoms. The van der Waals surface area contributed by atoms with Gasteiger partial charge in [0.05, 0.1) is 26.5 Å². The molecule has 258 valence electrons. The summed E-state index contributed by atoms with van der Waals surface area (Å²) in [6.07, 6.45) is 4.80. The number of carbonyl (C=O) groups is 3. The monoisotopic (exact) mass is 661 g/mol. The van der Waals surface area contributed by atoms with Crippen molar-refractivity contribution in [3.63, 3.8) is 0 Å². The molecule has 3 heterocycles. The minimum atomic E-state index is -0.656. The molecule has 10 nitrogen and oxygen atoms in total. The molecule has 3 aliphatic rings. The van der Waals surface area contributed by atoms with Crippen LogP contribution in [-0.4, -0.2) is 97.3 Å². The number of fused-ring (bicyclic) bond motifs is 1. The van der Waals surface area contributed by atoms with Crippen molar-refractivity contribution in [1.82, 2.24) is 14.8 Å². The van der Waals surface area contributed by atoms with E-state index in [1.165, 1.54) is 0 Å². The van der Waals surface area contributed by atoms with E-state index in [0.29, 0.717) is 50.2 Å². The highest BCUT2D eigenvalue weighted by molar-refractivity contribution is 6.01. The van der Waals surface area contributed by atoms with Gasteiger partial charge in [0.25, 0.3) is 0 Å². The number of morpholine rings is 1. The van der Waals surface area contributed by atoms with Crippen molar-refractivity contribution in [3.8, 4) is 0 Å². The van der Waals surface area contributed by atoms with Crippen molar-refractivity contribution >= 4 is 34.4 Å². The molecule has 1 aromatic heterocycles. The van der Waals surface area contributed by atoms with Crippen LogP contribution < -0.4 is 11.1 Å². The second-order valence-electron chi connectivity index (χ2n) is 13.5. The number of aromatic amines is 1. The summed E-state index contributed by atoms with van der Waals surface area (Å²) in [6.45, 7) is 4.55. The Labute approximate surface area is 281 Å². The summed E-state index contributed by atoms with van der Waals surface area (Å²) in [4.78, 5) is 48.0. The smallest absolute Gasteiger partial charge is 0.354 e. The number of ether oxygens (including phenoxy) is 2. The van der Waals surface area contributed by atoms with Gasteiger partial charge < -0.3 is 30.4 Å². The summed E-state index contributed by atoms with van der Waals surface area (Å²) in [6, 6.07) is 16.3. The number of hydrogen-bond donors (Lipinski definition) is 3. The van der Waals surface area contributed by atoms with E-state index in [0.717, 1.165) is 68.6 Å². The van der Waals surface area contributed by atoms with Crippen molar-refractivity contribution in [1.29, 1.82) is 0 Å². The van der Waals surface area contributed by atoms with Crippen LogP contribution in [0.3, 0.4) is 0 Å². The number of halogens is 1. The number of carbonyl (C=O) groups excluding carboxylic acids is 3. The van der Waals surface area contributed by atoms with Crippen molar-refractivity contribution in [3.05, 3.63) is 65.9 Å². The summed E-state index contributed by atoms with van der Waals surface area (Å²) in [7, 11) is 0. The van der Waals surface area contributed by atoms with Gasteiger partial charge in [0.1, 0.15) is 11.7 Å².